The van der Waals surface area contributed by atoms with E-state index >= 15 is 0 Å². The minimum atomic E-state index is -0.171. The lowest BCUT2D eigenvalue weighted by Gasteiger charge is -2.27. The number of carbonyl (C=O) groups is 1. The largest absolute Gasteiger partial charge is 0.384 e. The smallest absolute Gasteiger partial charge is 0.255 e. The third kappa shape index (κ3) is 2.46. The summed E-state index contributed by atoms with van der Waals surface area (Å²) in [7, 11) is 0. The van der Waals surface area contributed by atoms with Crippen LogP contribution in [0.1, 0.15) is 21.1 Å². The lowest BCUT2D eigenvalue weighted by Crippen LogP contribution is -2.38. The van der Waals surface area contributed by atoms with Crippen LogP contribution in [0.5, 0.6) is 0 Å². The third-order valence-corrected chi connectivity index (χ3v) is 4.01. The van der Waals surface area contributed by atoms with Crippen molar-refractivity contribution in [2.45, 2.75) is 13.1 Å². The molecule has 0 saturated carbocycles. The molecule has 2 aromatic heterocycles. The molecule has 1 aliphatic heterocycles. The Bertz CT molecular complexity index is 693. The second kappa shape index (κ2) is 5.49. The zero-order valence-corrected chi connectivity index (χ0v) is 11.6. The van der Waals surface area contributed by atoms with E-state index in [0.29, 0.717) is 18.7 Å². The summed E-state index contributed by atoms with van der Waals surface area (Å²) in [6.45, 7) is 1.84. The maximum atomic E-state index is 12.4. The topological polar surface area (TPSA) is 58.4 Å². The van der Waals surface area contributed by atoms with Crippen LogP contribution in [0.2, 0.25) is 0 Å². The van der Waals surface area contributed by atoms with E-state index in [4.69, 9.17) is 5.11 Å². The number of imidazole rings is 1. The van der Waals surface area contributed by atoms with Gasteiger partial charge in [0.05, 0.1) is 17.0 Å². The van der Waals surface area contributed by atoms with Crippen molar-refractivity contribution in [3.05, 3.63) is 40.1 Å². The van der Waals surface area contributed by atoms with Gasteiger partial charge in [-0.15, -0.1) is 11.3 Å². The predicted octanol–water partition coefficient (Wildman–Crippen LogP) is 0.944. The molecule has 0 unspecified atom stereocenters. The number of aliphatic hydroxyl groups excluding tert-OH is 1. The van der Waals surface area contributed by atoms with E-state index in [9.17, 15) is 4.79 Å². The first-order valence-corrected chi connectivity index (χ1v) is 7.13. The lowest BCUT2D eigenvalue weighted by atomic mass is 10.2. The van der Waals surface area contributed by atoms with E-state index in [0.717, 1.165) is 17.2 Å². The molecule has 3 rings (SSSR count). The van der Waals surface area contributed by atoms with Gasteiger partial charge in [-0.1, -0.05) is 11.8 Å². The first-order chi connectivity index (χ1) is 9.78. The molecular weight excluding hydrogens is 274 g/mol. The number of fused-ring (bicyclic) bond motifs is 1. The highest BCUT2D eigenvalue weighted by atomic mass is 32.1. The van der Waals surface area contributed by atoms with Crippen molar-refractivity contribution in [2.75, 3.05) is 13.2 Å². The zero-order chi connectivity index (χ0) is 13.9. The fourth-order valence-electron chi connectivity index (χ4n) is 2.17. The molecule has 1 aliphatic rings. The number of nitrogens with zero attached hydrogens (tertiary/aromatic N) is 3. The van der Waals surface area contributed by atoms with E-state index in [-0.39, 0.29) is 12.5 Å². The summed E-state index contributed by atoms with van der Waals surface area (Å²) in [6, 6.07) is 1.77. The summed E-state index contributed by atoms with van der Waals surface area (Å²) in [5.41, 5.74) is 0.650. The van der Waals surface area contributed by atoms with Gasteiger partial charge in [0.15, 0.2) is 0 Å². The lowest BCUT2D eigenvalue weighted by molar-refractivity contribution is 0.0708. The summed E-state index contributed by atoms with van der Waals surface area (Å²) >= 11 is 1.42. The summed E-state index contributed by atoms with van der Waals surface area (Å²) in [5, 5.41) is 10.5. The Hall–Kier alpha value is -2.10. The average Bonchev–Trinajstić information content (AvgIpc) is 3.12. The van der Waals surface area contributed by atoms with Gasteiger partial charge in [-0.05, 0) is 6.07 Å². The Balaban J connectivity index is 1.75. The van der Waals surface area contributed by atoms with E-state index in [1.165, 1.54) is 11.3 Å². The van der Waals surface area contributed by atoms with Gasteiger partial charge in [-0.3, -0.25) is 4.79 Å². The fourth-order valence-corrected chi connectivity index (χ4v) is 2.92. The SMILES string of the molecule is O=C(c1csc(C#CCO)c1)N1CCn2ccnc2C1. The standard InChI is InChI=1S/C14H13N3O2S/c18-7-1-2-12-8-11(10-20-12)14(19)17-6-5-16-4-3-15-13(16)9-17/h3-4,8,10,18H,5-7,9H2. The van der Waals surface area contributed by atoms with Crippen LogP contribution in [0.25, 0.3) is 0 Å². The number of aromatic nitrogens is 2. The molecule has 3 heterocycles. The molecule has 0 bridgehead atoms. The van der Waals surface area contributed by atoms with Gasteiger partial charge in [-0.25, -0.2) is 4.98 Å². The maximum absolute atomic E-state index is 12.4. The second-order valence-electron chi connectivity index (χ2n) is 4.42. The van der Waals surface area contributed by atoms with Crippen molar-refractivity contribution in [2.24, 2.45) is 0 Å². The maximum Gasteiger partial charge on any atom is 0.255 e. The minimum absolute atomic E-state index is 0.00699. The Labute approximate surface area is 120 Å². The molecule has 0 spiro atoms. The van der Waals surface area contributed by atoms with Gasteiger partial charge in [0.1, 0.15) is 12.4 Å². The third-order valence-electron chi connectivity index (χ3n) is 3.17. The van der Waals surface area contributed by atoms with Crippen LogP contribution in [0.3, 0.4) is 0 Å². The molecule has 1 amide bonds. The van der Waals surface area contributed by atoms with Crippen molar-refractivity contribution >= 4 is 17.2 Å². The normalized spacial score (nSPS) is 13.6. The molecule has 1 N–H and O–H groups in total. The number of carbonyl (C=O) groups excluding carboxylic acids is 1. The van der Waals surface area contributed by atoms with Gasteiger partial charge in [-0.2, -0.15) is 0 Å². The Morgan fingerprint density at radius 2 is 2.40 bits per heavy atom. The molecule has 20 heavy (non-hydrogen) atoms. The van der Waals surface area contributed by atoms with Crippen molar-refractivity contribution in [1.29, 1.82) is 0 Å². The molecule has 0 aliphatic carbocycles. The van der Waals surface area contributed by atoms with Crippen LogP contribution in [0.4, 0.5) is 0 Å². The summed E-state index contributed by atoms with van der Waals surface area (Å²) in [5.74, 6) is 6.32. The zero-order valence-electron chi connectivity index (χ0n) is 10.7. The van der Waals surface area contributed by atoms with E-state index in [1.54, 1.807) is 17.2 Å². The number of thiophene rings is 1. The molecule has 0 saturated heterocycles. The van der Waals surface area contributed by atoms with Crippen LogP contribution in [-0.4, -0.2) is 38.6 Å². The Kier molecular flexibility index (Phi) is 3.54. The number of hydrogen-bond donors (Lipinski definition) is 1. The number of amides is 1. The van der Waals surface area contributed by atoms with Crippen molar-refractivity contribution in [1.82, 2.24) is 14.5 Å². The van der Waals surface area contributed by atoms with Crippen molar-refractivity contribution in [3.63, 3.8) is 0 Å². The van der Waals surface area contributed by atoms with E-state index < -0.39 is 0 Å². The molecular formula is C14H13N3O2S. The quantitative estimate of drug-likeness (QED) is 0.794. The molecule has 0 fully saturated rings. The number of hydrogen-bond acceptors (Lipinski definition) is 4. The Morgan fingerprint density at radius 1 is 1.50 bits per heavy atom. The molecule has 5 nitrogen and oxygen atoms in total. The molecule has 0 radical (unpaired) electrons. The monoisotopic (exact) mass is 287 g/mol. The summed E-state index contributed by atoms with van der Waals surface area (Å²) in [4.78, 5) is 19.3. The molecule has 102 valence electrons. The predicted molar refractivity (Wildman–Crippen MR) is 75.3 cm³/mol. The van der Waals surface area contributed by atoms with Gasteiger partial charge < -0.3 is 14.6 Å². The molecule has 6 heteroatoms. The van der Waals surface area contributed by atoms with Crippen molar-refractivity contribution < 1.29 is 9.90 Å². The minimum Gasteiger partial charge on any atom is -0.384 e. The molecule has 2 aromatic rings. The number of aliphatic hydroxyl groups is 1. The van der Waals surface area contributed by atoms with E-state index in [1.807, 2.05) is 11.6 Å². The first-order valence-electron chi connectivity index (χ1n) is 6.25. The van der Waals surface area contributed by atoms with Gasteiger partial charge in [0.25, 0.3) is 5.91 Å². The van der Waals surface area contributed by atoms with Gasteiger partial charge >= 0.3 is 0 Å². The van der Waals surface area contributed by atoms with Crippen LogP contribution in [0, 0.1) is 11.8 Å². The van der Waals surface area contributed by atoms with E-state index in [2.05, 4.69) is 21.4 Å². The number of rotatable bonds is 1. The van der Waals surface area contributed by atoms with Crippen LogP contribution in [-0.2, 0) is 13.1 Å². The van der Waals surface area contributed by atoms with Crippen LogP contribution < -0.4 is 0 Å². The van der Waals surface area contributed by atoms with Gasteiger partial charge in [0, 0.05) is 30.9 Å². The summed E-state index contributed by atoms with van der Waals surface area (Å²) in [6.07, 6.45) is 3.70. The van der Waals surface area contributed by atoms with Crippen molar-refractivity contribution in [3.8, 4) is 11.8 Å². The van der Waals surface area contributed by atoms with Crippen LogP contribution in [0.15, 0.2) is 23.8 Å². The highest BCUT2D eigenvalue weighted by Gasteiger charge is 2.22. The summed E-state index contributed by atoms with van der Waals surface area (Å²) < 4.78 is 2.07. The van der Waals surface area contributed by atoms with Gasteiger partial charge in [0.2, 0.25) is 0 Å². The second-order valence-corrected chi connectivity index (χ2v) is 5.33. The first kappa shape index (κ1) is 12.9. The molecule has 0 atom stereocenters. The highest BCUT2D eigenvalue weighted by molar-refractivity contribution is 7.10. The van der Waals surface area contributed by atoms with Crippen LogP contribution >= 0.6 is 11.3 Å². The Morgan fingerprint density at radius 3 is 3.25 bits per heavy atom. The highest BCUT2D eigenvalue weighted by Crippen LogP contribution is 2.18. The average molecular weight is 287 g/mol. The molecule has 0 aromatic carbocycles. The fraction of sp³-hybridized carbons (Fsp3) is 0.286.